The molecule has 0 radical (unpaired) electrons. The van der Waals surface area contributed by atoms with Crippen LogP contribution in [-0.2, 0) is 14.6 Å². The summed E-state index contributed by atoms with van der Waals surface area (Å²) < 4.78 is 22.9. The van der Waals surface area contributed by atoms with Crippen LogP contribution in [0.3, 0.4) is 0 Å². The van der Waals surface area contributed by atoms with Gasteiger partial charge in [0.25, 0.3) is 0 Å². The van der Waals surface area contributed by atoms with Crippen molar-refractivity contribution in [2.75, 3.05) is 11.5 Å². The minimum absolute atomic E-state index is 0.0154. The maximum absolute atomic E-state index is 12.2. The van der Waals surface area contributed by atoms with E-state index < -0.39 is 15.8 Å². The first-order chi connectivity index (χ1) is 9.39. The van der Waals surface area contributed by atoms with E-state index in [2.05, 4.69) is 5.32 Å². The minimum Gasteiger partial charge on any atom is -0.349 e. The fourth-order valence-corrected chi connectivity index (χ4v) is 4.31. The number of sulfone groups is 1. The number of benzene rings is 1. The largest absolute Gasteiger partial charge is 0.349 e. The molecule has 1 heterocycles. The summed E-state index contributed by atoms with van der Waals surface area (Å²) in [5.41, 5.74) is 1.05. The molecule has 2 rings (SSSR count). The number of rotatable bonds is 4. The van der Waals surface area contributed by atoms with Crippen LogP contribution in [0.4, 0.5) is 0 Å². The molecule has 1 saturated heterocycles. The molecule has 0 aliphatic carbocycles. The highest BCUT2D eigenvalue weighted by Crippen LogP contribution is 2.24. The smallest absolute Gasteiger partial charge is 0.224 e. The first-order valence-electron chi connectivity index (χ1n) is 6.95. The van der Waals surface area contributed by atoms with Crippen molar-refractivity contribution in [2.45, 2.75) is 26.3 Å². The summed E-state index contributed by atoms with van der Waals surface area (Å²) in [6, 6.07) is 9.71. The molecule has 0 spiro atoms. The fraction of sp³-hybridized carbons (Fsp3) is 0.533. The van der Waals surface area contributed by atoms with Crippen LogP contribution in [0.2, 0.25) is 0 Å². The van der Waals surface area contributed by atoms with Crippen LogP contribution in [0.1, 0.15) is 31.9 Å². The number of nitrogens with one attached hydrogen (secondary N) is 1. The summed E-state index contributed by atoms with van der Waals surface area (Å²) in [6.45, 7) is 4.09. The predicted octanol–water partition coefficient (Wildman–Crippen LogP) is 1.93. The topological polar surface area (TPSA) is 63.2 Å². The van der Waals surface area contributed by atoms with Crippen molar-refractivity contribution >= 4 is 15.7 Å². The van der Waals surface area contributed by atoms with Crippen molar-refractivity contribution in [3.05, 3.63) is 35.9 Å². The predicted molar refractivity (Wildman–Crippen MR) is 78.9 cm³/mol. The molecule has 1 aliphatic heterocycles. The van der Waals surface area contributed by atoms with Crippen molar-refractivity contribution in [2.24, 2.45) is 11.8 Å². The van der Waals surface area contributed by atoms with E-state index in [1.807, 2.05) is 44.2 Å². The summed E-state index contributed by atoms with van der Waals surface area (Å²) in [6.07, 6.45) is 0.438. The van der Waals surface area contributed by atoms with Crippen molar-refractivity contribution < 1.29 is 13.2 Å². The van der Waals surface area contributed by atoms with Gasteiger partial charge in [0, 0.05) is 0 Å². The summed E-state index contributed by atoms with van der Waals surface area (Å²) in [5.74, 6) is -0.181. The lowest BCUT2D eigenvalue weighted by Gasteiger charge is -2.24. The Hall–Kier alpha value is -1.36. The molecule has 1 N–H and O–H groups in total. The highest BCUT2D eigenvalue weighted by molar-refractivity contribution is 7.91. The lowest BCUT2D eigenvalue weighted by atomic mass is 9.95. The second-order valence-electron chi connectivity index (χ2n) is 5.74. The molecule has 0 bridgehead atoms. The molecule has 4 nitrogen and oxygen atoms in total. The molecular formula is C15H21NO3S. The van der Waals surface area contributed by atoms with E-state index in [4.69, 9.17) is 0 Å². The maximum Gasteiger partial charge on any atom is 0.224 e. The normalized spacial score (nSPS) is 22.6. The Morgan fingerprint density at radius 2 is 1.90 bits per heavy atom. The minimum atomic E-state index is -3.02. The maximum atomic E-state index is 12.2. The van der Waals surface area contributed by atoms with Gasteiger partial charge in [-0.3, -0.25) is 4.79 Å². The van der Waals surface area contributed by atoms with Crippen molar-refractivity contribution in [3.63, 3.8) is 0 Å². The Kier molecular flexibility index (Phi) is 4.48. The van der Waals surface area contributed by atoms with Gasteiger partial charge in [-0.1, -0.05) is 44.2 Å². The number of hydrogen-bond donors (Lipinski definition) is 1. The molecule has 0 saturated carbocycles. The van der Waals surface area contributed by atoms with Crippen molar-refractivity contribution in [1.29, 1.82) is 0 Å². The molecule has 2 atom stereocenters. The van der Waals surface area contributed by atoms with E-state index in [-0.39, 0.29) is 29.4 Å². The highest BCUT2D eigenvalue weighted by Gasteiger charge is 2.34. The Bertz CT molecular complexity index is 566. The SMILES string of the molecule is CC(C)C(NC(=O)C1CCS(=O)(=O)C1)c1ccccc1. The zero-order chi connectivity index (χ0) is 14.8. The van der Waals surface area contributed by atoms with Gasteiger partial charge in [0.05, 0.1) is 23.5 Å². The zero-order valence-corrected chi connectivity index (χ0v) is 12.7. The lowest BCUT2D eigenvalue weighted by Crippen LogP contribution is -2.36. The molecule has 20 heavy (non-hydrogen) atoms. The lowest BCUT2D eigenvalue weighted by molar-refractivity contribution is -0.125. The third kappa shape index (κ3) is 3.60. The van der Waals surface area contributed by atoms with Gasteiger partial charge in [-0.05, 0) is 17.9 Å². The van der Waals surface area contributed by atoms with E-state index in [1.54, 1.807) is 0 Å². The Labute approximate surface area is 120 Å². The fourth-order valence-electron chi connectivity index (χ4n) is 2.57. The molecule has 1 fully saturated rings. The molecular weight excluding hydrogens is 274 g/mol. The second kappa shape index (κ2) is 5.95. The standard InChI is InChI=1S/C15H21NO3S/c1-11(2)14(12-6-4-3-5-7-12)16-15(17)13-8-9-20(18,19)10-13/h3-7,11,13-14H,8-10H2,1-2H3,(H,16,17). The average Bonchev–Trinajstić information content (AvgIpc) is 2.77. The van der Waals surface area contributed by atoms with E-state index in [0.717, 1.165) is 5.56 Å². The van der Waals surface area contributed by atoms with E-state index in [0.29, 0.717) is 6.42 Å². The summed E-state index contributed by atoms with van der Waals surface area (Å²) in [7, 11) is -3.02. The van der Waals surface area contributed by atoms with Crippen molar-refractivity contribution in [3.8, 4) is 0 Å². The molecule has 1 aromatic rings. The Morgan fingerprint density at radius 3 is 2.40 bits per heavy atom. The van der Waals surface area contributed by atoms with E-state index in [1.165, 1.54) is 0 Å². The average molecular weight is 295 g/mol. The van der Waals surface area contributed by atoms with Gasteiger partial charge >= 0.3 is 0 Å². The van der Waals surface area contributed by atoms with Crippen LogP contribution < -0.4 is 5.32 Å². The molecule has 110 valence electrons. The van der Waals surface area contributed by atoms with Gasteiger partial charge in [-0.25, -0.2) is 8.42 Å². The van der Waals surface area contributed by atoms with Crippen LogP contribution in [-0.4, -0.2) is 25.8 Å². The molecule has 1 aromatic carbocycles. The third-order valence-electron chi connectivity index (χ3n) is 3.73. The molecule has 1 aliphatic rings. The monoisotopic (exact) mass is 295 g/mol. The highest BCUT2D eigenvalue weighted by atomic mass is 32.2. The number of hydrogen-bond acceptors (Lipinski definition) is 3. The van der Waals surface area contributed by atoms with Crippen LogP contribution in [0, 0.1) is 11.8 Å². The second-order valence-corrected chi connectivity index (χ2v) is 7.97. The van der Waals surface area contributed by atoms with Gasteiger partial charge in [-0.15, -0.1) is 0 Å². The zero-order valence-electron chi connectivity index (χ0n) is 11.9. The summed E-state index contributed by atoms with van der Waals surface area (Å²) in [5, 5.41) is 3.01. The molecule has 1 amide bonds. The van der Waals surface area contributed by atoms with Crippen molar-refractivity contribution in [1.82, 2.24) is 5.32 Å². The van der Waals surface area contributed by atoms with E-state index >= 15 is 0 Å². The van der Waals surface area contributed by atoms with Crippen LogP contribution in [0.25, 0.3) is 0 Å². The Balaban J connectivity index is 2.08. The van der Waals surface area contributed by atoms with Crippen LogP contribution >= 0.6 is 0 Å². The molecule has 0 aromatic heterocycles. The quantitative estimate of drug-likeness (QED) is 0.923. The number of carbonyl (C=O) groups excluding carboxylic acids is 1. The van der Waals surface area contributed by atoms with Gasteiger partial charge in [0.15, 0.2) is 9.84 Å². The van der Waals surface area contributed by atoms with E-state index in [9.17, 15) is 13.2 Å². The molecule has 5 heteroatoms. The first-order valence-corrected chi connectivity index (χ1v) is 8.77. The van der Waals surface area contributed by atoms with Gasteiger partial charge in [-0.2, -0.15) is 0 Å². The van der Waals surface area contributed by atoms with Gasteiger partial charge < -0.3 is 5.32 Å². The number of amides is 1. The van der Waals surface area contributed by atoms with Crippen LogP contribution in [0.5, 0.6) is 0 Å². The first kappa shape index (κ1) is 15.0. The molecule has 2 unspecified atom stereocenters. The number of carbonyl (C=O) groups is 1. The Morgan fingerprint density at radius 1 is 1.25 bits per heavy atom. The summed E-state index contributed by atoms with van der Waals surface area (Å²) in [4.78, 5) is 12.2. The third-order valence-corrected chi connectivity index (χ3v) is 5.49. The van der Waals surface area contributed by atoms with Gasteiger partial charge in [0.1, 0.15) is 0 Å². The van der Waals surface area contributed by atoms with Crippen LogP contribution in [0.15, 0.2) is 30.3 Å². The van der Waals surface area contributed by atoms with Gasteiger partial charge in [0.2, 0.25) is 5.91 Å². The summed E-state index contributed by atoms with van der Waals surface area (Å²) >= 11 is 0.